The number of nitriles is 1. The number of benzene rings is 2. The molecular weight excluding hydrogens is 357 g/mol. The van der Waals surface area contributed by atoms with Crippen LogP contribution in [0.1, 0.15) is 23.0 Å². The fraction of sp³-hybridized carbons (Fsp3) is 0.105. The summed E-state index contributed by atoms with van der Waals surface area (Å²) in [6, 6.07) is 14.6. The Kier molecular flexibility index (Phi) is 5.01. The topological polar surface area (TPSA) is 67.9 Å². The average Bonchev–Trinajstić information content (AvgIpc) is 3.10. The molecule has 3 aromatic rings. The molecule has 0 N–H and O–H groups in total. The number of hydrogen-bond acceptors (Lipinski definition) is 4. The third kappa shape index (κ3) is 3.44. The van der Waals surface area contributed by atoms with Gasteiger partial charge in [-0.2, -0.15) is 10.4 Å². The molecule has 0 saturated carbocycles. The van der Waals surface area contributed by atoms with Crippen molar-refractivity contribution < 1.29 is 13.9 Å². The highest BCUT2D eigenvalue weighted by Gasteiger charge is 2.18. The van der Waals surface area contributed by atoms with Crippen molar-refractivity contribution in [1.29, 1.82) is 5.26 Å². The lowest BCUT2D eigenvalue weighted by atomic mass is 10.1. The van der Waals surface area contributed by atoms with Gasteiger partial charge in [0.1, 0.15) is 5.82 Å². The quantitative estimate of drug-likeness (QED) is 0.640. The van der Waals surface area contributed by atoms with E-state index in [1.54, 1.807) is 37.3 Å². The lowest BCUT2D eigenvalue weighted by Gasteiger charge is -2.08. The largest absolute Gasteiger partial charge is 0.461 e. The Morgan fingerprint density at radius 3 is 2.81 bits per heavy atom. The Morgan fingerprint density at radius 1 is 1.31 bits per heavy atom. The molecule has 3 rings (SSSR count). The second-order valence-electron chi connectivity index (χ2n) is 5.34. The van der Waals surface area contributed by atoms with E-state index in [1.807, 2.05) is 0 Å². The van der Waals surface area contributed by atoms with E-state index in [1.165, 1.54) is 22.9 Å². The standard InChI is InChI=1S/C19H13ClFN3O2/c1-2-26-19(25)17-10-18(13-6-7-16(21)15(20)9-13)24(23-17)14-5-3-4-12(8-14)11-22/h3-10H,2H2,1H3. The van der Waals surface area contributed by atoms with Crippen molar-refractivity contribution in [3.05, 3.63) is 70.6 Å². The third-order valence-electron chi connectivity index (χ3n) is 3.63. The van der Waals surface area contributed by atoms with Gasteiger partial charge in [0.15, 0.2) is 5.69 Å². The molecule has 0 spiro atoms. The van der Waals surface area contributed by atoms with Crippen molar-refractivity contribution in [2.45, 2.75) is 6.92 Å². The number of rotatable bonds is 4. The highest BCUT2D eigenvalue weighted by atomic mass is 35.5. The molecule has 0 bridgehead atoms. The Morgan fingerprint density at radius 2 is 2.12 bits per heavy atom. The molecule has 0 fully saturated rings. The Bertz CT molecular complexity index is 1020. The van der Waals surface area contributed by atoms with Crippen molar-refractivity contribution in [2.75, 3.05) is 6.61 Å². The highest BCUT2D eigenvalue weighted by Crippen LogP contribution is 2.28. The summed E-state index contributed by atoms with van der Waals surface area (Å²) >= 11 is 5.89. The predicted molar refractivity (Wildman–Crippen MR) is 94.6 cm³/mol. The number of aromatic nitrogens is 2. The summed E-state index contributed by atoms with van der Waals surface area (Å²) in [7, 11) is 0. The monoisotopic (exact) mass is 369 g/mol. The van der Waals surface area contributed by atoms with Gasteiger partial charge in [-0.15, -0.1) is 0 Å². The van der Waals surface area contributed by atoms with Gasteiger partial charge in [0.2, 0.25) is 0 Å². The number of carbonyl (C=O) groups is 1. The summed E-state index contributed by atoms with van der Waals surface area (Å²) in [6.45, 7) is 1.92. The average molecular weight is 370 g/mol. The van der Waals surface area contributed by atoms with E-state index in [9.17, 15) is 9.18 Å². The maximum atomic E-state index is 13.5. The lowest BCUT2D eigenvalue weighted by Crippen LogP contribution is -2.07. The van der Waals surface area contributed by atoms with E-state index in [4.69, 9.17) is 21.6 Å². The molecule has 1 heterocycles. The summed E-state index contributed by atoms with van der Waals surface area (Å²) in [5.41, 5.74) is 2.21. The van der Waals surface area contributed by atoms with Crippen molar-refractivity contribution in [3.8, 4) is 23.0 Å². The number of hydrogen-bond donors (Lipinski definition) is 0. The van der Waals surface area contributed by atoms with E-state index in [0.717, 1.165) is 0 Å². The van der Waals surface area contributed by atoms with Crippen molar-refractivity contribution in [2.24, 2.45) is 0 Å². The fourth-order valence-electron chi connectivity index (χ4n) is 2.45. The van der Waals surface area contributed by atoms with Crippen LogP contribution in [-0.4, -0.2) is 22.4 Å². The summed E-state index contributed by atoms with van der Waals surface area (Å²) in [4.78, 5) is 12.1. The van der Waals surface area contributed by atoms with Gasteiger partial charge in [-0.05, 0) is 49.4 Å². The molecular formula is C19H13ClFN3O2. The number of nitrogens with zero attached hydrogens (tertiary/aromatic N) is 3. The van der Waals surface area contributed by atoms with Crippen LogP contribution in [0.25, 0.3) is 16.9 Å². The number of esters is 1. The predicted octanol–water partition coefficient (Wildman–Crippen LogP) is 4.38. The Hall–Kier alpha value is -3.17. The molecule has 0 radical (unpaired) electrons. The smallest absolute Gasteiger partial charge is 0.358 e. The van der Waals surface area contributed by atoms with Gasteiger partial charge in [0.05, 0.1) is 34.6 Å². The van der Waals surface area contributed by atoms with Crippen LogP contribution in [0.15, 0.2) is 48.5 Å². The first-order chi connectivity index (χ1) is 12.5. The van der Waals surface area contributed by atoms with Gasteiger partial charge in [0.25, 0.3) is 0 Å². The van der Waals surface area contributed by atoms with Crippen LogP contribution in [-0.2, 0) is 4.74 Å². The van der Waals surface area contributed by atoms with Gasteiger partial charge < -0.3 is 4.74 Å². The molecule has 0 aliphatic rings. The van der Waals surface area contributed by atoms with E-state index in [0.29, 0.717) is 22.5 Å². The molecule has 130 valence electrons. The van der Waals surface area contributed by atoms with Crippen molar-refractivity contribution >= 4 is 17.6 Å². The van der Waals surface area contributed by atoms with Crippen LogP contribution < -0.4 is 0 Å². The van der Waals surface area contributed by atoms with Gasteiger partial charge in [-0.25, -0.2) is 13.9 Å². The molecule has 5 nitrogen and oxygen atoms in total. The Labute approximate surface area is 154 Å². The molecule has 0 aliphatic heterocycles. The first-order valence-electron chi connectivity index (χ1n) is 7.76. The minimum atomic E-state index is -0.572. The number of halogens is 2. The maximum absolute atomic E-state index is 13.5. The van der Waals surface area contributed by atoms with E-state index >= 15 is 0 Å². The van der Waals surface area contributed by atoms with Gasteiger partial charge in [0, 0.05) is 5.56 Å². The maximum Gasteiger partial charge on any atom is 0.358 e. The first-order valence-corrected chi connectivity index (χ1v) is 8.14. The van der Waals surface area contributed by atoms with E-state index < -0.39 is 11.8 Å². The summed E-state index contributed by atoms with van der Waals surface area (Å²) in [5, 5.41) is 13.4. The van der Waals surface area contributed by atoms with Crippen LogP contribution in [0.5, 0.6) is 0 Å². The molecule has 0 amide bonds. The number of carbonyl (C=O) groups excluding carboxylic acids is 1. The van der Waals surface area contributed by atoms with Crippen LogP contribution in [0.4, 0.5) is 4.39 Å². The van der Waals surface area contributed by atoms with Crippen molar-refractivity contribution in [1.82, 2.24) is 9.78 Å². The van der Waals surface area contributed by atoms with Gasteiger partial charge in [-0.1, -0.05) is 17.7 Å². The minimum Gasteiger partial charge on any atom is -0.461 e. The normalized spacial score (nSPS) is 10.4. The zero-order chi connectivity index (χ0) is 18.7. The third-order valence-corrected chi connectivity index (χ3v) is 3.92. The molecule has 2 aromatic carbocycles. The van der Waals surface area contributed by atoms with Crippen LogP contribution in [0.2, 0.25) is 5.02 Å². The van der Waals surface area contributed by atoms with Crippen LogP contribution >= 0.6 is 11.6 Å². The SMILES string of the molecule is CCOC(=O)c1cc(-c2ccc(F)c(Cl)c2)n(-c2cccc(C#N)c2)n1. The summed E-state index contributed by atoms with van der Waals surface area (Å²) < 4.78 is 20.0. The van der Waals surface area contributed by atoms with Gasteiger partial charge >= 0.3 is 5.97 Å². The zero-order valence-electron chi connectivity index (χ0n) is 13.7. The summed E-state index contributed by atoms with van der Waals surface area (Å²) in [5.74, 6) is -1.12. The molecule has 1 aromatic heterocycles. The molecule has 26 heavy (non-hydrogen) atoms. The molecule has 0 atom stereocenters. The summed E-state index contributed by atoms with van der Waals surface area (Å²) in [6.07, 6.45) is 0. The molecule has 0 aliphatic carbocycles. The minimum absolute atomic E-state index is 0.0429. The molecule has 7 heteroatoms. The van der Waals surface area contributed by atoms with Crippen molar-refractivity contribution in [3.63, 3.8) is 0 Å². The number of ether oxygens (including phenoxy) is 1. The first kappa shape index (κ1) is 17.6. The lowest BCUT2D eigenvalue weighted by molar-refractivity contribution is 0.0519. The molecule has 0 saturated heterocycles. The second-order valence-corrected chi connectivity index (χ2v) is 5.75. The zero-order valence-corrected chi connectivity index (χ0v) is 14.5. The second kappa shape index (κ2) is 7.38. The van der Waals surface area contributed by atoms with E-state index in [-0.39, 0.29) is 17.3 Å². The van der Waals surface area contributed by atoms with E-state index in [2.05, 4.69) is 11.2 Å². The van der Waals surface area contributed by atoms with Gasteiger partial charge in [-0.3, -0.25) is 0 Å². The Balaban J connectivity index is 2.19. The fourth-order valence-corrected chi connectivity index (χ4v) is 2.63. The molecule has 0 unspecified atom stereocenters. The van der Waals surface area contributed by atoms with Crippen LogP contribution in [0, 0.1) is 17.1 Å². The highest BCUT2D eigenvalue weighted by molar-refractivity contribution is 6.31. The van der Waals surface area contributed by atoms with Crippen LogP contribution in [0.3, 0.4) is 0 Å².